The van der Waals surface area contributed by atoms with Gasteiger partial charge in [0.1, 0.15) is 17.2 Å². The Balaban J connectivity index is 2.12. The zero-order valence-electron chi connectivity index (χ0n) is 19.3. The Morgan fingerprint density at radius 3 is 2.39 bits per heavy atom. The Hall–Kier alpha value is -3.22. The van der Waals surface area contributed by atoms with Gasteiger partial charge in [0.15, 0.2) is 9.84 Å². The third kappa shape index (κ3) is 4.18. The number of sulfone groups is 1. The molecule has 0 aliphatic carbocycles. The molecule has 0 spiro atoms. The van der Waals surface area contributed by atoms with E-state index in [4.69, 9.17) is 0 Å². The molecule has 13 heteroatoms. The molecule has 0 amide bonds. The number of fused-ring (bicyclic) bond motifs is 2. The molecule has 1 atom stereocenters. The van der Waals surface area contributed by atoms with Gasteiger partial charge in [-0.15, -0.1) is 0 Å². The number of rotatable bonds is 4. The number of aromatic nitrogens is 3. The van der Waals surface area contributed by atoms with Crippen LogP contribution in [0.5, 0.6) is 0 Å². The molecule has 4 rings (SSSR count). The highest BCUT2D eigenvalue weighted by molar-refractivity contribution is 7.91. The summed E-state index contributed by atoms with van der Waals surface area (Å²) < 4.78 is 108. The van der Waals surface area contributed by atoms with Crippen molar-refractivity contribution in [1.82, 2.24) is 14.5 Å². The summed E-state index contributed by atoms with van der Waals surface area (Å²) in [4.78, 5) is 11.3. The number of pyridine rings is 1. The van der Waals surface area contributed by atoms with Gasteiger partial charge < -0.3 is 4.57 Å². The van der Waals surface area contributed by atoms with Crippen molar-refractivity contribution in [3.05, 3.63) is 41.7 Å². The van der Waals surface area contributed by atoms with Crippen molar-refractivity contribution in [2.24, 2.45) is 18.0 Å². The number of benzene rings is 1. The Kier molecular flexibility index (Phi) is 6.05. The van der Waals surface area contributed by atoms with E-state index in [2.05, 4.69) is 21.5 Å². The minimum Gasteiger partial charge on any atom is -0.326 e. The Morgan fingerprint density at radius 1 is 1.17 bits per heavy atom. The Labute approximate surface area is 202 Å². The highest BCUT2D eigenvalue weighted by atomic mass is 32.2. The maximum atomic E-state index is 13.6. The predicted molar refractivity (Wildman–Crippen MR) is 123 cm³/mol. The summed E-state index contributed by atoms with van der Waals surface area (Å²) in [5, 5.41) is 0. The van der Waals surface area contributed by atoms with Crippen molar-refractivity contribution in [2.75, 3.05) is 5.75 Å². The van der Waals surface area contributed by atoms with Crippen LogP contribution in [0.25, 0.3) is 28.5 Å². The van der Waals surface area contributed by atoms with E-state index < -0.39 is 39.5 Å². The average Bonchev–Trinajstić information content (AvgIpc) is 3.11. The van der Waals surface area contributed by atoms with Gasteiger partial charge in [-0.05, 0) is 24.1 Å². The molecule has 36 heavy (non-hydrogen) atoms. The second-order valence-corrected chi connectivity index (χ2v) is 10.7. The highest BCUT2D eigenvalue weighted by Crippen LogP contribution is 2.45. The van der Waals surface area contributed by atoms with Crippen LogP contribution in [-0.4, -0.2) is 40.6 Å². The van der Waals surface area contributed by atoms with Crippen LogP contribution in [0.15, 0.2) is 34.8 Å². The summed E-state index contributed by atoms with van der Waals surface area (Å²) >= 11 is 0. The van der Waals surface area contributed by atoms with Crippen molar-refractivity contribution in [2.45, 2.75) is 37.5 Å². The normalized spacial score (nSPS) is 16.7. The van der Waals surface area contributed by atoms with E-state index in [1.165, 1.54) is 37.6 Å². The monoisotopic (exact) mass is 530 g/mol. The predicted octanol–water partition coefficient (Wildman–Crippen LogP) is 5.92. The summed E-state index contributed by atoms with van der Waals surface area (Å²) in [6.45, 7) is 6.42. The number of imidazole rings is 1. The van der Waals surface area contributed by atoms with E-state index in [9.17, 15) is 34.8 Å². The van der Waals surface area contributed by atoms with Crippen LogP contribution < -0.4 is 0 Å². The third-order valence-corrected chi connectivity index (χ3v) is 7.85. The molecule has 0 radical (unpaired) electrons. The first kappa shape index (κ1) is 25.9. The maximum absolute atomic E-state index is 13.6. The molecule has 0 fully saturated rings. The van der Waals surface area contributed by atoms with Gasteiger partial charge in [0.05, 0.1) is 33.6 Å². The fourth-order valence-corrected chi connectivity index (χ4v) is 5.45. The van der Waals surface area contributed by atoms with Crippen LogP contribution in [0, 0.1) is 5.92 Å². The van der Waals surface area contributed by atoms with E-state index in [-0.39, 0.29) is 50.7 Å². The molecule has 1 aliphatic heterocycles. The number of aliphatic imine (C=N–C) groups is 1. The van der Waals surface area contributed by atoms with Crippen LogP contribution in [0.1, 0.15) is 30.7 Å². The SMILES string of the molecule is C=Cc1c2c(cc(S(=O)(=O)CC)c1-c1nc3cc(C(F)(F)F)ncc3n1C)CC(C)C(C(F)(F)F)=N2. The molecule has 6 nitrogen and oxygen atoms in total. The molecule has 1 aromatic carbocycles. The number of hydrogen-bond donors (Lipinski definition) is 0. The molecule has 0 saturated carbocycles. The lowest BCUT2D eigenvalue weighted by Crippen LogP contribution is -2.32. The second kappa shape index (κ2) is 8.43. The molecular weight excluding hydrogens is 510 g/mol. The minimum atomic E-state index is -4.74. The Bertz CT molecular complexity index is 1530. The third-order valence-electron chi connectivity index (χ3n) is 6.10. The largest absolute Gasteiger partial charge is 0.433 e. The molecule has 0 saturated heterocycles. The fourth-order valence-electron chi connectivity index (χ4n) is 4.31. The van der Waals surface area contributed by atoms with Crippen LogP contribution >= 0.6 is 0 Å². The summed E-state index contributed by atoms with van der Waals surface area (Å²) in [7, 11) is -2.51. The first-order valence-corrected chi connectivity index (χ1v) is 12.4. The first-order valence-electron chi connectivity index (χ1n) is 10.7. The van der Waals surface area contributed by atoms with E-state index in [0.29, 0.717) is 5.56 Å². The molecule has 3 heterocycles. The fraction of sp³-hybridized carbons (Fsp3) is 0.348. The summed E-state index contributed by atoms with van der Waals surface area (Å²) in [5.74, 6) is -1.41. The first-order chi connectivity index (χ1) is 16.6. The summed E-state index contributed by atoms with van der Waals surface area (Å²) in [5.41, 5.74) is -2.05. The molecule has 192 valence electrons. The number of halogens is 6. The van der Waals surface area contributed by atoms with Crippen LogP contribution in [0.2, 0.25) is 0 Å². The van der Waals surface area contributed by atoms with Crippen LogP contribution in [0.4, 0.5) is 32.0 Å². The lowest BCUT2D eigenvalue weighted by molar-refractivity contribution is -0.141. The molecule has 0 N–H and O–H groups in total. The van der Waals surface area contributed by atoms with E-state index in [1.807, 2.05) is 0 Å². The maximum Gasteiger partial charge on any atom is 0.433 e. The van der Waals surface area contributed by atoms with Gasteiger partial charge in [-0.25, -0.2) is 23.4 Å². The van der Waals surface area contributed by atoms with E-state index in [1.54, 1.807) is 0 Å². The summed E-state index contributed by atoms with van der Waals surface area (Å²) in [6, 6.07) is 2.00. The van der Waals surface area contributed by atoms with Crippen molar-refractivity contribution >= 4 is 38.3 Å². The van der Waals surface area contributed by atoms with E-state index >= 15 is 0 Å². The van der Waals surface area contributed by atoms with Gasteiger partial charge in [0.2, 0.25) is 0 Å². The smallest absolute Gasteiger partial charge is 0.326 e. The number of hydrogen-bond acceptors (Lipinski definition) is 5. The molecule has 1 aliphatic rings. The molecule has 0 bridgehead atoms. The standard InChI is InChI=1S/C23H20F6N4O2S/c1-5-13-18(21-31-14-9-17(22(24,25)26)30-10-15(14)33(21)4)16(36(34,35)6-2)8-12-7-11(3)20(23(27,28)29)32-19(12)13/h5,8-11H,1,6-7H2,2-4H3. The highest BCUT2D eigenvalue weighted by Gasteiger charge is 2.42. The zero-order valence-corrected chi connectivity index (χ0v) is 20.1. The topological polar surface area (TPSA) is 77.2 Å². The van der Waals surface area contributed by atoms with Gasteiger partial charge in [-0.1, -0.05) is 26.5 Å². The number of alkyl halides is 6. The molecular formula is C23H20F6N4O2S. The van der Waals surface area contributed by atoms with Crippen LogP contribution in [0.3, 0.4) is 0 Å². The second-order valence-electron chi connectivity index (χ2n) is 8.43. The van der Waals surface area contributed by atoms with Crippen molar-refractivity contribution in [1.29, 1.82) is 0 Å². The van der Waals surface area contributed by atoms with Gasteiger partial charge in [0, 0.05) is 24.1 Å². The van der Waals surface area contributed by atoms with E-state index in [0.717, 1.165) is 12.3 Å². The average molecular weight is 530 g/mol. The zero-order chi connectivity index (χ0) is 26.8. The number of nitrogens with zero attached hydrogens (tertiary/aromatic N) is 4. The lowest BCUT2D eigenvalue weighted by atomic mass is 9.88. The molecule has 3 aromatic rings. The Morgan fingerprint density at radius 2 is 1.83 bits per heavy atom. The van der Waals surface area contributed by atoms with Gasteiger partial charge >= 0.3 is 12.4 Å². The van der Waals surface area contributed by atoms with Crippen molar-refractivity contribution < 1.29 is 34.8 Å². The number of aryl methyl sites for hydroxylation is 1. The van der Waals surface area contributed by atoms with Gasteiger partial charge in [0.25, 0.3) is 0 Å². The van der Waals surface area contributed by atoms with Gasteiger partial charge in [-0.2, -0.15) is 26.3 Å². The van der Waals surface area contributed by atoms with Gasteiger partial charge in [-0.3, -0.25) is 0 Å². The quantitative estimate of drug-likeness (QED) is 0.393. The lowest BCUT2D eigenvalue weighted by Gasteiger charge is -2.26. The molecule has 2 aromatic heterocycles. The van der Waals surface area contributed by atoms with Crippen molar-refractivity contribution in [3.8, 4) is 11.4 Å². The minimum absolute atomic E-state index is 0.00409. The summed E-state index contributed by atoms with van der Waals surface area (Å²) in [6.07, 6.45) is -7.41. The molecule has 1 unspecified atom stereocenters. The van der Waals surface area contributed by atoms with Crippen LogP contribution in [-0.2, 0) is 29.5 Å². The van der Waals surface area contributed by atoms with Crippen molar-refractivity contribution in [3.63, 3.8) is 0 Å².